The smallest absolute Gasteiger partial charge is 0.878 e. The second kappa shape index (κ2) is 16.2. The molecule has 5 aliphatic heterocycles. The minimum absolute atomic E-state index is 0. The molecule has 5 aliphatic rings. The number of methoxy groups -OCH3 is 3. The molecule has 52 heavy (non-hydrogen) atoms. The first-order chi connectivity index (χ1) is 24.3. The molecule has 1 N–H and O–H groups in total. The van der Waals surface area contributed by atoms with E-state index in [1.165, 1.54) is 27.4 Å². The third kappa shape index (κ3) is 6.99. The minimum Gasteiger partial charge on any atom is -0.878 e. The Labute approximate surface area is 313 Å². The minimum atomic E-state index is -0.897. The molecule has 8 bridgehead atoms. The monoisotopic (exact) mass is 752 g/mol. The molecule has 3 atom stereocenters. The molecular weight excluding hydrogens is 711 g/mol. The molecule has 0 aromatic heterocycles. The predicted molar refractivity (Wildman–Crippen MR) is 190 cm³/mol. The molecule has 0 aliphatic carbocycles. The number of aliphatic hydroxyl groups is 1. The fraction of sp³-hybridized carbons (Fsp3) is 0.385. The van der Waals surface area contributed by atoms with Crippen molar-refractivity contribution < 1.29 is 55.6 Å². The molecule has 1 unspecified atom stereocenters. The number of fused-ring (bicyclic) bond motifs is 4. The van der Waals surface area contributed by atoms with Crippen LogP contribution < -0.4 is 10.2 Å². The maximum Gasteiger partial charge on any atom is 2.00 e. The molecule has 0 amide bonds. The van der Waals surface area contributed by atoms with E-state index in [0.29, 0.717) is 69.2 Å². The van der Waals surface area contributed by atoms with Crippen molar-refractivity contribution in [3.63, 3.8) is 0 Å². The van der Waals surface area contributed by atoms with Gasteiger partial charge in [0.1, 0.15) is 5.57 Å². The van der Waals surface area contributed by atoms with Gasteiger partial charge in [-0.05, 0) is 82.1 Å². The molecule has 0 aromatic rings. The second-order valence-electron chi connectivity index (χ2n) is 12.7. The van der Waals surface area contributed by atoms with E-state index in [0.717, 1.165) is 11.1 Å². The van der Waals surface area contributed by atoms with Crippen molar-refractivity contribution in [2.24, 2.45) is 31.8 Å². The summed E-state index contributed by atoms with van der Waals surface area (Å²) in [5, 5.41) is 36.3. The Morgan fingerprint density at radius 1 is 0.962 bits per heavy atom. The molecule has 13 heteroatoms. The standard InChI is InChI=1S/C39H44N4O8.Ni/c1-10-23-18(2)26-17-29-31(22(6)45)21(5)35(42-29)25(12-11-15-44)34-19(3)24(13-14-30(46)49-7)36(43-34)33(39(48)51-9)37-32(38(47)50-8)20(4)27(41-37)16-28(23)40-26;/h11-12,15-17,19,22,24,44-45,47H,10,13-14H2,1-9H3;/q;+2/p-2/b15-11-,25-12-,28-16?,29-17?,36-33?,38-32+;/t19-,22?,24-;/m0./s1. The number of aliphatic hydroxyl groups excluding tert-OH is 1. The number of aliphatic imine (C=N–C) groups is 4. The molecule has 0 spiro atoms. The van der Waals surface area contributed by atoms with Crippen molar-refractivity contribution in [1.82, 2.24) is 0 Å². The summed E-state index contributed by atoms with van der Waals surface area (Å²) < 4.78 is 15.5. The SMILES string of the molecule is CCC1=C(C)C2=NC1=CC1=C(C)/C(=C(/[O-])OC)C(=N1)C(C(=O)OC)=C1N=C(/C(=C/C=C\[O-])C3=NC(=C2)C(C(C)O)=C3C)[C@@H](C)[C@@H]1CCC(=O)OC.[Ni+2]. The van der Waals surface area contributed by atoms with Crippen molar-refractivity contribution in [3.05, 3.63) is 104 Å². The Hall–Kier alpha value is -4.87. The van der Waals surface area contributed by atoms with E-state index in [-0.39, 0.29) is 51.9 Å². The average molecular weight is 753 g/mol. The van der Waals surface area contributed by atoms with E-state index >= 15 is 0 Å². The summed E-state index contributed by atoms with van der Waals surface area (Å²) in [5.74, 6) is -2.96. The molecule has 0 saturated carbocycles. The van der Waals surface area contributed by atoms with Gasteiger partial charge in [0.25, 0.3) is 0 Å². The fourth-order valence-corrected chi connectivity index (χ4v) is 7.21. The van der Waals surface area contributed by atoms with Crippen molar-refractivity contribution in [2.75, 3.05) is 21.3 Å². The Kier molecular flexibility index (Phi) is 12.4. The maximum atomic E-state index is 13.9. The number of esters is 2. The number of carbonyl (C=O) groups excluding carboxylic acids is 2. The van der Waals surface area contributed by atoms with Crippen LogP contribution >= 0.6 is 0 Å². The fourth-order valence-electron chi connectivity index (χ4n) is 7.21. The van der Waals surface area contributed by atoms with Crippen LogP contribution in [0.25, 0.3) is 0 Å². The first-order valence-corrected chi connectivity index (χ1v) is 16.8. The van der Waals surface area contributed by atoms with Crippen LogP contribution in [0.1, 0.15) is 60.8 Å². The molecule has 0 saturated heterocycles. The number of allylic oxidation sites excluding steroid dienone is 11. The summed E-state index contributed by atoms with van der Waals surface area (Å²) in [6.45, 7) is 11.1. The number of hydrogen-bond donors (Lipinski definition) is 1. The molecule has 12 nitrogen and oxygen atoms in total. The van der Waals surface area contributed by atoms with Crippen molar-refractivity contribution >= 4 is 34.8 Å². The first-order valence-electron chi connectivity index (χ1n) is 16.8. The van der Waals surface area contributed by atoms with E-state index < -0.39 is 35.8 Å². The van der Waals surface area contributed by atoms with Crippen LogP contribution in [0.5, 0.6) is 0 Å². The Morgan fingerprint density at radius 2 is 1.67 bits per heavy atom. The zero-order valence-corrected chi connectivity index (χ0v) is 31.6. The number of hydrogen-bond acceptors (Lipinski definition) is 12. The van der Waals surface area contributed by atoms with Crippen LogP contribution in [-0.2, 0) is 40.3 Å². The number of rotatable bonds is 8. The summed E-state index contributed by atoms with van der Waals surface area (Å²) in [5.41, 5.74) is 7.50. The average Bonchev–Trinajstić information content (AvgIpc) is 3.80. The summed E-state index contributed by atoms with van der Waals surface area (Å²) in [4.78, 5) is 46.3. The second-order valence-corrected chi connectivity index (χ2v) is 12.7. The maximum absolute atomic E-state index is 13.9. The number of ether oxygens (including phenoxy) is 3. The molecule has 5 heterocycles. The van der Waals surface area contributed by atoms with E-state index in [2.05, 4.69) is 0 Å². The van der Waals surface area contributed by atoms with Crippen molar-refractivity contribution in [2.45, 2.75) is 66.9 Å². The molecule has 0 radical (unpaired) electrons. The summed E-state index contributed by atoms with van der Waals surface area (Å²) in [6, 6.07) is 0. The summed E-state index contributed by atoms with van der Waals surface area (Å²) >= 11 is 0. The van der Waals surface area contributed by atoms with E-state index in [1.807, 2.05) is 33.8 Å². The van der Waals surface area contributed by atoms with Crippen LogP contribution in [-0.4, -0.2) is 67.3 Å². The van der Waals surface area contributed by atoms with Crippen LogP contribution in [0.3, 0.4) is 0 Å². The Morgan fingerprint density at radius 3 is 2.27 bits per heavy atom. The quantitative estimate of drug-likeness (QED) is 0.220. The van der Waals surface area contributed by atoms with Gasteiger partial charge in [0, 0.05) is 35.0 Å². The third-order valence-corrected chi connectivity index (χ3v) is 9.86. The largest absolute Gasteiger partial charge is 2.00 e. The Bertz CT molecular complexity index is 2010. The molecular formula is C39H42N4NiO8. The normalized spacial score (nSPS) is 23.7. The van der Waals surface area contributed by atoms with Gasteiger partial charge in [0.05, 0.1) is 71.9 Å². The molecule has 0 fully saturated rings. The predicted octanol–water partition coefficient (Wildman–Crippen LogP) is 3.93. The van der Waals surface area contributed by atoms with E-state index in [9.17, 15) is 24.9 Å². The Balaban J connectivity index is 0.00000605. The van der Waals surface area contributed by atoms with Gasteiger partial charge in [-0.25, -0.2) is 19.8 Å². The van der Waals surface area contributed by atoms with Gasteiger partial charge in [0.15, 0.2) is 0 Å². The first kappa shape index (κ1) is 39.9. The van der Waals surface area contributed by atoms with Gasteiger partial charge in [-0.2, -0.15) is 0 Å². The van der Waals surface area contributed by atoms with Gasteiger partial charge >= 0.3 is 28.4 Å². The van der Waals surface area contributed by atoms with Gasteiger partial charge in [-0.3, -0.25) is 9.79 Å². The zero-order valence-electron chi connectivity index (χ0n) is 30.7. The topological polar surface area (TPSA) is 178 Å². The molecule has 5 rings (SSSR count). The zero-order chi connectivity index (χ0) is 37.3. The van der Waals surface area contributed by atoms with Crippen molar-refractivity contribution in [3.8, 4) is 0 Å². The van der Waals surface area contributed by atoms with E-state index in [4.69, 9.17) is 34.2 Å². The molecule has 276 valence electrons. The number of carbonyl (C=O) groups is 2. The van der Waals surface area contributed by atoms with Gasteiger partial charge in [-0.1, -0.05) is 26.0 Å². The van der Waals surface area contributed by atoms with Crippen molar-refractivity contribution in [1.29, 1.82) is 0 Å². The van der Waals surface area contributed by atoms with Gasteiger partial charge < -0.3 is 29.5 Å². The third-order valence-electron chi connectivity index (χ3n) is 9.86. The van der Waals surface area contributed by atoms with Crippen LogP contribution in [0.4, 0.5) is 0 Å². The van der Waals surface area contributed by atoms with Crippen LogP contribution in [0.2, 0.25) is 0 Å². The number of nitrogens with zero attached hydrogens (tertiary/aromatic N) is 4. The van der Waals surface area contributed by atoms with Crippen LogP contribution in [0.15, 0.2) is 124 Å². The van der Waals surface area contributed by atoms with E-state index in [1.54, 1.807) is 26.0 Å². The van der Waals surface area contributed by atoms with Gasteiger partial charge in [-0.15, -0.1) is 6.26 Å². The summed E-state index contributed by atoms with van der Waals surface area (Å²) in [7, 11) is 3.78. The summed E-state index contributed by atoms with van der Waals surface area (Å²) in [6.07, 6.45) is 7.16. The van der Waals surface area contributed by atoms with Gasteiger partial charge in [0.2, 0.25) is 0 Å². The van der Waals surface area contributed by atoms with Crippen LogP contribution in [0, 0.1) is 11.8 Å². The molecule has 0 aromatic carbocycles.